The molecule has 0 aliphatic heterocycles. The van der Waals surface area contributed by atoms with Crippen molar-refractivity contribution < 1.29 is 4.74 Å². The summed E-state index contributed by atoms with van der Waals surface area (Å²) in [6, 6.07) is 4.42. The van der Waals surface area contributed by atoms with Crippen molar-refractivity contribution >= 4 is 11.3 Å². The van der Waals surface area contributed by atoms with Crippen LogP contribution in [0.4, 0.5) is 0 Å². The van der Waals surface area contributed by atoms with Gasteiger partial charge in [-0.25, -0.2) is 0 Å². The van der Waals surface area contributed by atoms with E-state index in [0.29, 0.717) is 6.10 Å². The Balaban J connectivity index is 1.72. The highest BCUT2D eigenvalue weighted by Crippen LogP contribution is 2.23. The molecule has 1 aliphatic rings. The van der Waals surface area contributed by atoms with E-state index in [9.17, 15) is 0 Å². The molecule has 1 aromatic heterocycles. The minimum atomic E-state index is 0.517. The normalized spacial score (nSPS) is 17.5. The minimum absolute atomic E-state index is 0.517. The Morgan fingerprint density at radius 1 is 1.24 bits per heavy atom. The molecule has 1 heterocycles. The topological polar surface area (TPSA) is 21.3 Å². The van der Waals surface area contributed by atoms with Crippen LogP contribution in [0.5, 0.6) is 0 Å². The molecular weight excluding hydrogens is 230 g/mol. The number of hydrogen-bond donors (Lipinski definition) is 1. The Morgan fingerprint density at radius 2 is 2.00 bits per heavy atom. The molecule has 1 fully saturated rings. The van der Waals surface area contributed by atoms with E-state index in [1.54, 1.807) is 0 Å². The quantitative estimate of drug-likeness (QED) is 0.834. The summed E-state index contributed by atoms with van der Waals surface area (Å²) in [7, 11) is 0. The van der Waals surface area contributed by atoms with Crippen LogP contribution < -0.4 is 5.32 Å². The Bertz CT molecular complexity index is 318. The van der Waals surface area contributed by atoms with Gasteiger partial charge in [-0.3, -0.25) is 0 Å². The molecule has 1 saturated carbocycles. The molecule has 2 nitrogen and oxygen atoms in total. The zero-order valence-corrected chi connectivity index (χ0v) is 11.5. The molecule has 1 N–H and O–H groups in total. The summed E-state index contributed by atoms with van der Waals surface area (Å²) in [5, 5.41) is 3.35. The summed E-state index contributed by atoms with van der Waals surface area (Å²) in [5.41, 5.74) is 0. The highest BCUT2D eigenvalue weighted by Gasteiger charge is 2.13. The molecule has 0 saturated heterocycles. The summed E-state index contributed by atoms with van der Waals surface area (Å²) in [6.45, 7) is 4.97. The van der Waals surface area contributed by atoms with Crippen molar-refractivity contribution in [2.45, 2.75) is 58.3 Å². The Kier molecular flexibility index (Phi) is 5.49. The van der Waals surface area contributed by atoms with Crippen molar-refractivity contribution in [1.29, 1.82) is 0 Å². The number of hydrogen-bond acceptors (Lipinski definition) is 3. The van der Waals surface area contributed by atoms with Crippen LogP contribution in [0, 0.1) is 0 Å². The molecule has 0 bridgehead atoms. The fraction of sp³-hybridized carbons (Fsp3) is 0.714. The van der Waals surface area contributed by atoms with Crippen molar-refractivity contribution in [3.63, 3.8) is 0 Å². The number of nitrogens with one attached hydrogen (secondary N) is 1. The SMILES string of the molecule is CCNCc1ccc(COC2CCCCC2)s1. The molecule has 0 amide bonds. The first-order valence-electron chi connectivity index (χ1n) is 6.78. The van der Waals surface area contributed by atoms with Gasteiger partial charge in [-0.15, -0.1) is 11.3 Å². The van der Waals surface area contributed by atoms with Crippen molar-refractivity contribution in [3.8, 4) is 0 Å². The fourth-order valence-electron chi connectivity index (χ4n) is 2.27. The molecule has 17 heavy (non-hydrogen) atoms. The van der Waals surface area contributed by atoms with E-state index >= 15 is 0 Å². The lowest BCUT2D eigenvalue weighted by Crippen LogP contribution is -2.15. The Morgan fingerprint density at radius 3 is 2.76 bits per heavy atom. The second-order valence-corrected chi connectivity index (χ2v) is 5.97. The number of rotatable bonds is 6. The average molecular weight is 253 g/mol. The van der Waals surface area contributed by atoms with Crippen LogP contribution in [0.25, 0.3) is 0 Å². The standard InChI is InChI=1S/C14H23NOS/c1-2-15-10-13-8-9-14(17-13)11-16-12-6-4-3-5-7-12/h8-9,12,15H,2-7,10-11H2,1H3. The minimum Gasteiger partial charge on any atom is -0.373 e. The lowest BCUT2D eigenvalue weighted by Gasteiger charge is -2.21. The highest BCUT2D eigenvalue weighted by molar-refractivity contribution is 7.11. The van der Waals surface area contributed by atoms with E-state index in [1.165, 1.54) is 41.9 Å². The van der Waals surface area contributed by atoms with E-state index in [0.717, 1.165) is 19.7 Å². The van der Waals surface area contributed by atoms with Gasteiger partial charge < -0.3 is 10.1 Å². The van der Waals surface area contributed by atoms with E-state index in [4.69, 9.17) is 4.74 Å². The maximum atomic E-state index is 5.98. The van der Waals surface area contributed by atoms with Crippen LogP contribution in [0.2, 0.25) is 0 Å². The zero-order valence-electron chi connectivity index (χ0n) is 10.7. The van der Waals surface area contributed by atoms with Gasteiger partial charge in [0.2, 0.25) is 0 Å². The summed E-state index contributed by atoms with van der Waals surface area (Å²) < 4.78 is 5.98. The highest BCUT2D eigenvalue weighted by atomic mass is 32.1. The molecule has 1 aromatic rings. The predicted molar refractivity (Wildman–Crippen MR) is 73.4 cm³/mol. The van der Waals surface area contributed by atoms with Crippen molar-refractivity contribution in [3.05, 3.63) is 21.9 Å². The summed E-state index contributed by atoms with van der Waals surface area (Å²) in [5.74, 6) is 0. The van der Waals surface area contributed by atoms with Crippen molar-refractivity contribution in [2.24, 2.45) is 0 Å². The zero-order chi connectivity index (χ0) is 11.9. The van der Waals surface area contributed by atoms with Gasteiger partial charge in [0.05, 0.1) is 12.7 Å². The van der Waals surface area contributed by atoms with Crippen LogP contribution >= 0.6 is 11.3 Å². The van der Waals surface area contributed by atoms with Crippen LogP contribution in [-0.4, -0.2) is 12.6 Å². The summed E-state index contributed by atoms with van der Waals surface area (Å²) >= 11 is 1.87. The number of thiophene rings is 1. The molecule has 0 atom stereocenters. The first-order valence-corrected chi connectivity index (χ1v) is 7.60. The van der Waals surface area contributed by atoms with Gasteiger partial charge in [0, 0.05) is 16.3 Å². The first kappa shape index (κ1) is 13.1. The number of ether oxygens (including phenoxy) is 1. The van der Waals surface area contributed by atoms with Gasteiger partial charge in [0.15, 0.2) is 0 Å². The van der Waals surface area contributed by atoms with Crippen LogP contribution in [0.15, 0.2) is 12.1 Å². The Labute approximate surface area is 108 Å². The maximum absolute atomic E-state index is 5.98. The monoisotopic (exact) mass is 253 g/mol. The van der Waals surface area contributed by atoms with Gasteiger partial charge in [-0.1, -0.05) is 26.2 Å². The molecule has 0 spiro atoms. The van der Waals surface area contributed by atoms with Crippen LogP contribution in [0.3, 0.4) is 0 Å². The summed E-state index contributed by atoms with van der Waals surface area (Å²) in [4.78, 5) is 2.78. The van der Waals surface area contributed by atoms with E-state index < -0.39 is 0 Å². The average Bonchev–Trinajstić information content (AvgIpc) is 2.83. The molecule has 96 valence electrons. The lowest BCUT2D eigenvalue weighted by molar-refractivity contribution is 0.0182. The van der Waals surface area contributed by atoms with Gasteiger partial charge in [-0.2, -0.15) is 0 Å². The molecule has 1 aliphatic carbocycles. The fourth-order valence-corrected chi connectivity index (χ4v) is 3.19. The van der Waals surface area contributed by atoms with Gasteiger partial charge >= 0.3 is 0 Å². The molecule has 3 heteroatoms. The van der Waals surface area contributed by atoms with Gasteiger partial charge in [0.25, 0.3) is 0 Å². The first-order chi connectivity index (χ1) is 8.38. The summed E-state index contributed by atoms with van der Waals surface area (Å²) in [6.07, 6.45) is 7.13. The molecule has 0 unspecified atom stereocenters. The lowest BCUT2D eigenvalue weighted by atomic mass is 9.98. The Hall–Kier alpha value is -0.380. The van der Waals surface area contributed by atoms with Gasteiger partial charge in [0.1, 0.15) is 0 Å². The molecule has 0 aromatic carbocycles. The van der Waals surface area contributed by atoms with E-state index in [1.807, 2.05) is 11.3 Å². The third-order valence-electron chi connectivity index (χ3n) is 3.28. The largest absolute Gasteiger partial charge is 0.373 e. The smallest absolute Gasteiger partial charge is 0.0813 e. The molecule has 2 rings (SSSR count). The second kappa shape index (κ2) is 7.14. The van der Waals surface area contributed by atoms with Crippen LogP contribution in [0.1, 0.15) is 48.8 Å². The molecular formula is C14H23NOS. The van der Waals surface area contributed by atoms with Crippen molar-refractivity contribution in [1.82, 2.24) is 5.32 Å². The van der Waals surface area contributed by atoms with Crippen molar-refractivity contribution in [2.75, 3.05) is 6.54 Å². The van der Waals surface area contributed by atoms with E-state index in [2.05, 4.69) is 24.4 Å². The van der Waals surface area contributed by atoms with Crippen LogP contribution in [-0.2, 0) is 17.9 Å². The van der Waals surface area contributed by atoms with Gasteiger partial charge in [-0.05, 0) is 31.5 Å². The second-order valence-electron chi connectivity index (χ2n) is 4.72. The van der Waals surface area contributed by atoms with E-state index in [-0.39, 0.29) is 0 Å². The maximum Gasteiger partial charge on any atom is 0.0813 e. The third-order valence-corrected chi connectivity index (χ3v) is 4.34. The predicted octanol–water partition coefficient (Wildman–Crippen LogP) is 3.71. The molecule has 0 radical (unpaired) electrons. The third kappa shape index (κ3) is 4.41.